The third-order valence-electron chi connectivity index (χ3n) is 3.47. The topological polar surface area (TPSA) is 43.6 Å². The van der Waals surface area contributed by atoms with Gasteiger partial charge in [-0.15, -0.1) is 0 Å². The van der Waals surface area contributed by atoms with Gasteiger partial charge in [0.05, 0.1) is 22.4 Å². The van der Waals surface area contributed by atoms with Gasteiger partial charge >= 0.3 is 0 Å². The van der Waals surface area contributed by atoms with E-state index in [0.717, 1.165) is 14.7 Å². The highest BCUT2D eigenvalue weighted by Gasteiger charge is 2.12. The number of rotatable bonds is 4. The van der Waals surface area contributed by atoms with E-state index in [4.69, 9.17) is 4.74 Å². The van der Waals surface area contributed by atoms with Crippen molar-refractivity contribution in [1.29, 1.82) is 0 Å². The lowest BCUT2D eigenvalue weighted by Gasteiger charge is -2.04. The van der Waals surface area contributed by atoms with E-state index in [1.807, 2.05) is 22.8 Å². The van der Waals surface area contributed by atoms with Gasteiger partial charge in [-0.3, -0.25) is 4.79 Å². The minimum absolute atomic E-state index is 0.0329. The standard InChI is InChI=1S/C17H14BrFN2O2S/c1-23-9-8-21-14-7-6-11(18)10-15(14)24-17(21)20-16(22)12-4-2-3-5-13(12)19/h2-7,10H,8-9H2,1H3. The van der Waals surface area contributed by atoms with Crippen molar-refractivity contribution >= 4 is 43.4 Å². The van der Waals surface area contributed by atoms with Gasteiger partial charge in [0.25, 0.3) is 5.91 Å². The molecule has 0 bridgehead atoms. The Labute approximate surface area is 150 Å². The zero-order chi connectivity index (χ0) is 17.1. The first kappa shape index (κ1) is 17.0. The molecule has 3 rings (SSSR count). The maximum atomic E-state index is 13.8. The van der Waals surface area contributed by atoms with Gasteiger partial charge < -0.3 is 9.30 Å². The second-order valence-electron chi connectivity index (χ2n) is 5.04. The minimum atomic E-state index is -0.593. The Bertz CT molecular complexity index is 965. The van der Waals surface area contributed by atoms with Crippen molar-refractivity contribution in [3.05, 3.63) is 63.1 Å². The number of fused-ring (bicyclic) bond motifs is 1. The fraction of sp³-hybridized carbons (Fsp3) is 0.176. The molecular weight excluding hydrogens is 395 g/mol. The van der Waals surface area contributed by atoms with Crippen LogP contribution in [0.25, 0.3) is 10.2 Å². The number of carbonyl (C=O) groups is 1. The summed E-state index contributed by atoms with van der Waals surface area (Å²) in [5, 5.41) is 0. The van der Waals surface area contributed by atoms with Crippen LogP contribution in [0.3, 0.4) is 0 Å². The maximum Gasteiger partial charge on any atom is 0.282 e. The van der Waals surface area contributed by atoms with Gasteiger partial charge in [-0.2, -0.15) is 4.99 Å². The fourth-order valence-corrected chi connectivity index (χ4v) is 3.92. The van der Waals surface area contributed by atoms with Gasteiger partial charge in [0.15, 0.2) is 4.80 Å². The van der Waals surface area contributed by atoms with E-state index in [9.17, 15) is 9.18 Å². The average Bonchev–Trinajstić information content (AvgIpc) is 2.89. The van der Waals surface area contributed by atoms with Crippen molar-refractivity contribution in [2.24, 2.45) is 4.99 Å². The molecule has 0 saturated carbocycles. The molecule has 0 saturated heterocycles. The van der Waals surface area contributed by atoms with Crippen LogP contribution in [0.4, 0.5) is 4.39 Å². The Hall–Kier alpha value is -1.83. The van der Waals surface area contributed by atoms with Gasteiger partial charge in [-0.25, -0.2) is 4.39 Å². The van der Waals surface area contributed by atoms with Crippen LogP contribution in [0.1, 0.15) is 10.4 Å². The summed E-state index contributed by atoms with van der Waals surface area (Å²) in [5.74, 6) is -1.16. The Morgan fingerprint density at radius 1 is 1.33 bits per heavy atom. The molecule has 0 spiro atoms. The number of hydrogen-bond donors (Lipinski definition) is 0. The number of halogens is 2. The number of hydrogen-bond acceptors (Lipinski definition) is 3. The van der Waals surface area contributed by atoms with Crippen molar-refractivity contribution in [2.45, 2.75) is 6.54 Å². The number of methoxy groups -OCH3 is 1. The van der Waals surface area contributed by atoms with E-state index in [1.165, 1.54) is 23.5 Å². The Balaban J connectivity index is 2.13. The number of amides is 1. The molecule has 1 heterocycles. The molecule has 4 nitrogen and oxygen atoms in total. The van der Waals surface area contributed by atoms with Crippen LogP contribution in [-0.2, 0) is 11.3 Å². The Morgan fingerprint density at radius 3 is 2.88 bits per heavy atom. The van der Waals surface area contributed by atoms with Gasteiger partial charge in [0, 0.05) is 18.1 Å². The summed E-state index contributed by atoms with van der Waals surface area (Å²) in [7, 11) is 1.62. The lowest BCUT2D eigenvalue weighted by molar-refractivity contribution is 0.0993. The highest BCUT2D eigenvalue weighted by atomic mass is 79.9. The molecule has 3 aromatic rings. The molecule has 0 aliphatic rings. The molecule has 0 aliphatic heterocycles. The van der Waals surface area contributed by atoms with E-state index in [2.05, 4.69) is 20.9 Å². The third kappa shape index (κ3) is 3.48. The van der Waals surface area contributed by atoms with Crippen LogP contribution in [0.5, 0.6) is 0 Å². The normalized spacial score (nSPS) is 12.0. The van der Waals surface area contributed by atoms with E-state index >= 15 is 0 Å². The van der Waals surface area contributed by atoms with Gasteiger partial charge in [-0.1, -0.05) is 39.4 Å². The summed E-state index contributed by atoms with van der Waals surface area (Å²) in [6.07, 6.45) is 0. The molecule has 0 radical (unpaired) electrons. The molecule has 24 heavy (non-hydrogen) atoms. The third-order valence-corrected chi connectivity index (χ3v) is 5.00. The number of carbonyl (C=O) groups excluding carboxylic acids is 1. The first-order chi connectivity index (χ1) is 11.6. The number of benzene rings is 2. The molecule has 0 fully saturated rings. The predicted octanol–water partition coefficient (Wildman–Crippen LogP) is 3.99. The van der Waals surface area contributed by atoms with E-state index in [-0.39, 0.29) is 5.56 Å². The van der Waals surface area contributed by atoms with Crippen molar-refractivity contribution in [3.8, 4) is 0 Å². The zero-order valence-corrected chi connectivity index (χ0v) is 15.2. The van der Waals surface area contributed by atoms with Crippen LogP contribution in [0.2, 0.25) is 0 Å². The average molecular weight is 409 g/mol. The fourth-order valence-electron chi connectivity index (χ4n) is 2.31. The van der Waals surface area contributed by atoms with Crippen LogP contribution in [0.15, 0.2) is 51.9 Å². The quantitative estimate of drug-likeness (QED) is 0.654. The van der Waals surface area contributed by atoms with E-state index in [0.29, 0.717) is 18.0 Å². The minimum Gasteiger partial charge on any atom is -0.383 e. The molecule has 0 atom stereocenters. The summed E-state index contributed by atoms with van der Waals surface area (Å²) in [5.41, 5.74) is 0.926. The molecule has 124 valence electrons. The lowest BCUT2D eigenvalue weighted by atomic mass is 10.2. The number of aromatic nitrogens is 1. The van der Waals surface area contributed by atoms with Gasteiger partial charge in [0.1, 0.15) is 5.82 Å². The Morgan fingerprint density at radius 2 is 2.12 bits per heavy atom. The highest BCUT2D eigenvalue weighted by molar-refractivity contribution is 9.10. The van der Waals surface area contributed by atoms with E-state index in [1.54, 1.807) is 19.2 Å². The zero-order valence-electron chi connectivity index (χ0n) is 12.8. The van der Waals surface area contributed by atoms with Crippen molar-refractivity contribution in [1.82, 2.24) is 4.57 Å². The largest absolute Gasteiger partial charge is 0.383 e. The first-order valence-electron chi connectivity index (χ1n) is 7.21. The van der Waals surface area contributed by atoms with Crippen LogP contribution in [-0.4, -0.2) is 24.2 Å². The summed E-state index contributed by atoms with van der Waals surface area (Å²) in [4.78, 5) is 17.0. The first-order valence-corrected chi connectivity index (χ1v) is 8.82. The monoisotopic (exact) mass is 408 g/mol. The second kappa shape index (κ2) is 7.38. The van der Waals surface area contributed by atoms with Crippen molar-refractivity contribution in [3.63, 3.8) is 0 Å². The summed E-state index contributed by atoms with van der Waals surface area (Å²) in [6.45, 7) is 1.05. The molecule has 1 amide bonds. The molecule has 0 unspecified atom stereocenters. The van der Waals surface area contributed by atoms with Gasteiger partial charge in [0.2, 0.25) is 0 Å². The maximum absolute atomic E-state index is 13.8. The predicted molar refractivity (Wildman–Crippen MR) is 95.7 cm³/mol. The summed E-state index contributed by atoms with van der Waals surface area (Å²) < 4.78 is 22.8. The molecule has 2 aromatic carbocycles. The lowest BCUT2D eigenvalue weighted by Crippen LogP contribution is -2.19. The molecule has 7 heteroatoms. The molecule has 0 N–H and O–H groups in total. The van der Waals surface area contributed by atoms with E-state index < -0.39 is 11.7 Å². The highest BCUT2D eigenvalue weighted by Crippen LogP contribution is 2.22. The van der Waals surface area contributed by atoms with Gasteiger partial charge in [-0.05, 0) is 30.3 Å². The number of ether oxygens (including phenoxy) is 1. The summed E-state index contributed by atoms with van der Waals surface area (Å²) >= 11 is 4.83. The second-order valence-corrected chi connectivity index (χ2v) is 6.96. The van der Waals surface area contributed by atoms with Crippen molar-refractivity contribution in [2.75, 3.05) is 13.7 Å². The SMILES string of the molecule is COCCn1c(=NC(=O)c2ccccc2F)sc2cc(Br)ccc21. The molecular formula is C17H14BrFN2O2S. The Kier molecular flexibility index (Phi) is 5.23. The summed E-state index contributed by atoms with van der Waals surface area (Å²) in [6, 6.07) is 11.7. The smallest absolute Gasteiger partial charge is 0.282 e. The van der Waals surface area contributed by atoms with Crippen LogP contribution in [0, 0.1) is 5.82 Å². The van der Waals surface area contributed by atoms with Crippen LogP contribution >= 0.6 is 27.3 Å². The number of thiazole rings is 1. The van der Waals surface area contributed by atoms with Crippen molar-refractivity contribution < 1.29 is 13.9 Å². The van der Waals surface area contributed by atoms with Crippen LogP contribution < -0.4 is 4.80 Å². The molecule has 1 aromatic heterocycles. The number of nitrogens with zero attached hydrogens (tertiary/aromatic N) is 2. The molecule has 0 aliphatic carbocycles.